The van der Waals surface area contributed by atoms with E-state index < -0.39 is 42.7 Å². The number of ketones is 1. The molecule has 10 atom stereocenters. The van der Waals surface area contributed by atoms with E-state index in [4.69, 9.17) is 9.47 Å². The molecule has 7 nitrogen and oxygen atoms in total. The SMILES string of the molecule is C=C[C@@]1(C)CCC2C(=CCC3[C@]2(C)CCC(=O)[C@]3(C)COC2OC(CO)C(O)C(O)C2O)C1. The van der Waals surface area contributed by atoms with Crippen molar-refractivity contribution in [1.82, 2.24) is 0 Å². The third kappa shape index (κ3) is 4.05. The highest BCUT2D eigenvalue weighted by Crippen LogP contribution is 2.63. The van der Waals surface area contributed by atoms with E-state index in [-0.39, 0.29) is 29.1 Å². The summed E-state index contributed by atoms with van der Waals surface area (Å²) in [5, 5.41) is 39.9. The van der Waals surface area contributed by atoms with Gasteiger partial charge in [0.25, 0.3) is 0 Å². The standard InChI is InChI=1S/C26H40O7/c1-5-24(2)10-8-16-15(12-24)6-7-18-25(16,3)11-9-19(28)26(18,4)14-32-23-22(31)21(30)20(29)17(13-27)33-23/h5-6,16-18,20-23,27,29-31H,1,7-14H2,2-4H3/t16?,17?,18?,20?,21?,22?,23?,24-,25+,26+/m0/s1. The summed E-state index contributed by atoms with van der Waals surface area (Å²) in [6.45, 7) is 10.1. The minimum atomic E-state index is -1.50. The molecule has 3 aliphatic carbocycles. The molecule has 33 heavy (non-hydrogen) atoms. The van der Waals surface area contributed by atoms with Gasteiger partial charge in [-0.05, 0) is 54.8 Å². The normalized spacial score (nSPS) is 50.2. The highest BCUT2D eigenvalue weighted by molar-refractivity contribution is 5.86. The zero-order valence-electron chi connectivity index (χ0n) is 20.1. The number of hydrogen-bond donors (Lipinski definition) is 4. The van der Waals surface area contributed by atoms with Crippen molar-refractivity contribution < 1.29 is 34.7 Å². The van der Waals surface area contributed by atoms with Gasteiger partial charge in [-0.1, -0.05) is 38.5 Å². The molecule has 4 N–H and O–H groups in total. The summed E-state index contributed by atoms with van der Waals surface area (Å²) < 4.78 is 11.4. The van der Waals surface area contributed by atoms with Crippen molar-refractivity contribution in [2.45, 2.75) is 90.0 Å². The second-order valence-corrected chi connectivity index (χ2v) is 11.5. The molecule has 2 saturated carbocycles. The molecule has 4 aliphatic rings. The molecule has 1 saturated heterocycles. The quantitative estimate of drug-likeness (QED) is 0.461. The average Bonchev–Trinajstić information content (AvgIpc) is 2.80. The van der Waals surface area contributed by atoms with Gasteiger partial charge in [-0.3, -0.25) is 4.79 Å². The van der Waals surface area contributed by atoms with Crippen molar-refractivity contribution in [2.75, 3.05) is 13.2 Å². The van der Waals surface area contributed by atoms with Gasteiger partial charge < -0.3 is 29.9 Å². The Balaban J connectivity index is 1.55. The number of aliphatic hydroxyl groups excluding tert-OH is 4. The van der Waals surface area contributed by atoms with Gasteiger partial charge in [-0.2, -0.15) is 0 Å². The van der Waals surface area contributed by atoms with Crippen LogP contribution in [-0.2, 0) is 14.3 Å². The van der Waals surface area contributed by atoms with Crippen LogP contribution in [0.3, 0.4) is 0 Å². The summed E-state index contributed by atoms with van der Waals surface area (Å²) in [6.07, 6.45) is 3.11. The van der Waals surface area contributed by atoms with Crippen LogP contribution in [0.5, 0.6) is 0 Å². The van der Waals surface area contributed by atoms with Gasteiger partial charge >= 0.3 is 0 Å². The molecular weight excluding hydrogens is 424 g/mol. The lowest BCUT2D eigenvalue weighted by Gasteiger charge is -2.59. The van der Waals surface area contributed by atoms with Gasteiger partial charge in [0.1, 0.15) is 30.2 Å². The number of Topliss-reactive ketones (excluding diaryl/α,β-unsaturated/α-hetero) is 1. The number of aliphatic hydroxyl groups is 4. The number of carbonyl (C=O) groups is 1. The molecule has 0 bridgehead atoms. The topological polar surface area (TPSA) is 116 Å². The molecule has 4 rings (SSSR count). The Bertz CT molecular complexity index is 808. The first-order valence-electron chi connectivity index (χ1n) is 12.3. The van der Waals surface area contributed by atoms with Crippen molar-refractivity contribution in [1.29, 1.82) is 0 Å². The number of hydrogen-bond acceptors (Lipinski definition) is 7. The van der Waals surface area contributed by atoms with Gasteiger partial charge in [0.05, 0.1) is 18.6 Å². The first-order chi connectivity index (χ1) is 15.5. The van der Waals surface area contributed by atoms with Crippen molar-refractivity contribution in [2.24, 2.45) is 28.1 Å². The zero-order chi connectivity index (χ0) is 24.2. The minimum absolute atomic E-state index is 0.0199. The van der Waals surface area contributed by atoms with E-state index >= 15 is 0 Å². The van der Waals surface area contributed by atoms with Crippen LogP contribution in [0.15, 0.2) is 24.3 Å². The van der Waals surface area contributed by atoms with Crippen LogP contribution in [0.2, 0.25) is 0 Å². The number of ether oxygens (including phenoxy) is 2. The predicted octanol–water partition coefficient (Wildman–Crippen LogP) is 2.12. The molecule has 0 aromatic carbocycles. The smallest absolute Gasteiger partial charge is 0.186 e. The molecule has 7 heteroatoms. The van der Waals surface area contributed by atoms with Crippen LogP contribution in [0.1, 0.15) is 59.3 Å². The predicted molar refractivity (Wildman–Crippen MR) is 122 cm³/mol. The second kappa shape index (κ2) is 8.85. The fraction of sp³-hybridized carbons (Fsp3) is 0.808. The lowest BCUT2D eigenvalue weighted by atomic mass is 9.45. The van der Waals surface area contributed by atoms with Gasteiger partial charge in [0, 0.05) is 6.42 Å². The summed E-state index contributed by atoms with van der Waals surface area (Å²) in [6, 6.07) is 0. The fourth-order valence-electron chi connectivity index (χ4n) is 7.10. The number of rotatable bonds is 5. The molecule has 0 aromatic heterocycles. The molecule has 3 fully saturated rings. The highest BCUT2D eigenvalue weighted by atomic mass is 16.7. The van der Waals surface area contributed by atoms with Crippen LogP contribution in [-0.4, -0.2) is 70.1 Å². The van der Waals surface area contributed by atoms with Crippen LogP contribution < -0.4 is 0 Å². The third-order valence-corrected chi connectivity index (χ3v) is 9.45. The van der Waals surface area contributed by atoms with E-state index in [2.05, 4.69) is 32.6 Å². The van der Waals surface area contributed by atoms with Crippen molar-refractivity contribution in [3.05, 3.63) is 24.3 Å². The monoisotopic (exact) mass is 464 g/mol. The van der Waals surface area contributed by atoms with Crippen LogP contribution in [0.4, 0.5) is 0 Å². The maximum absolute atomic E-state index is 13.3. The van der Waals surface area contributed by atoms with Crippen molar-refractivity contribution in [3.8, 4) is 0 Å². The summed E-state index contributed by atoms with van der Waals surface area (Å²) in [5.41, 5.74) is 0.848. The first-order valence-corrected chi connectivity index (χ1v) is 12.3. The summed E-state index contributed by atoms with van der Waals surface area (Å²) in [4.78, 5) is 13.3. The van der Waals surface area contributed by atoms with Crippen molar-refractivity contribution in [3.63, 3.8) is 0 Å². The molecule has 0 amide bonds. The number of allylic oxidation sites excluding steroid dienone is 3. The van der Waals surface area contributed by atoms with E-state index in [0.717, 1.165) is 32.1 Å². The van der Waals surface area contributed by atoms with Crippen molar-refractivity contribution >= 4 is 5.78 Å². The molecule has 7 unspecified atom stereocenters. The number of carbonyl (C=O) groups excluding carboxylic acids is 1. The van der Waals surface area contributed by atoms with E-state index in [0.29, 0.717) is 12.3 Å². The molecule has 186 valence electrons. The maximum Gasteiger partial charge on any atom is 0.186 e. The molecular formula is C26H40O7. The van der Waals surface area contributed by atoms with Gasteiger partial charge in [0.15, 0.2) is 6.29 Å². The first kappa shape index (κ1) is 25.0. The van der Waals surface area contributed by atoms with Crippen LogP contribution in [0.25, 0.3) is 0 Å². The van der Waals surface area contributed by atoms with E-state index in [1.54, 1.807) is 0 Å². The Morgan fingerprint density at radius 1 is 1.18 bits per heavy atom. The molecule has 0 spiro atoms. The van der Waals surface area contributed by atoms with E-state index in [9.17, 15) is 25.2 Å². The molecule has 1 aliphatic heterocycles. The lowest BCUT2D eigenvalue weighted by molar-refractivity contribution is -0.307. The third-order valence-electron chi connectivity index (χ3n) is 9.45. The Labute approximate surface area is 196 Å². The van der Waals surface area contributed by atoms with Gasteiger partial charge in [-0.15, -0.1) is 6.58 Å². The van der Waals surface area contributed by atoms with Crippen LogP contribution in [0, 0.1) is 28.1 Å². The highest BCUT2D eigenvalue weighted by Gasteiger charge is 2.59. The molecule has 0 aromatic rings. The summed E-state index contributed by atoms with van der Waals surface area (Å²) in [7, 11) is 0. The molecule has 0 radical (unpaired) electrons. The lowest BCUT2D eigenvalue weighted by Crippen LogP contribution is -2.61. The summed E-state index contributed by atoms with van der Waals surface area (Å²) in [5.74, 6) is 0.681. The largest absolute Gasteiger partial charge is 0.394 e. The summed E-state index contributed by atoms with van der Waals surface area (Å²) >= 11 is 0. The van der Waals surface area contributed by atoms with Crippen LogP contribution >= 0.6 is 0 Å². The Morgan fingerprint density at radius 2 is 1.91 bits per heavy atom. The molecule has 1 heterocycles. The van der Waals surface area contributed by atoms with E-state index in [1.165, 1.54) is 5.57 Å². The Hall–Kier alpha value is -1.09. The minimum Gasteiger partial charge on any atom is -0.394 e. The average molecular weight is 465 g/mol. The van der Waals surface area contributed by atoms with Gasteiger partial charge in [-0.25, -0.2) is 0 Å². The van der Waals surface area contributed by atoms with E-state index in [1.807, 2.05) is 6.92 Å². The number of fused-ring (bicyclic) bond motifs is 3. The Morgan fingerprint density at radius 3 is 2.58 bits per heavy atom. The van der Waals surface area contributed by atoms with Gasteiger partial charge in [0.2, 0.25) is 0 Å². The maximum atomic E-state index is 13.3. The second-order valence-electron chi connectivity index (χ2n) is 11.5. The fourth-order valence-corrected chi connectivity index (χ4v) is 7.10. The Kier molecular flexibility index (Phi) is 6.71. The zero-order valence-corrected chi connectivity index (χ0v) is 20.1.